The third-order valence-electron chi connectivity index (χ3n) is 6.04. The Morgan fingerprint density at radius 3 is 2.24 bits per heavy atom. The molecule has 3 aromatic carbocycles. The molecule has 3 heteroatoms. The monoisotopic (exact) mass is 436 g/mol. The van der Waals surface area contributed by atoms with Gasteiger partial charge in [-0.2, -0.15) is 0 Å². The van der Waals surface area contributed by atoms with Crippen molar-refractivity contribution in [2.45, 2.75) is 25.7 Å². The van der Waals surface area contributed by atoms with Crippen LogP contribution in [0.2, 0.25) is 0 Å². The molecule has 0 spiro atoms. The number of benzene rings is 3. The molecule has 1 aliphatic carbocycles. The van der Waals surface area contributed by atoms with Crippen molar-refractivity contribution >= 4 is 17.1 Å². The highest BCUT2D eigenvalue weighted by Gasteiger charge is 2.28. The summed E-state index contributed by atoms with van der Waals surface area (Å²) in [5.41, 5.74) is 7.35. The molecule has 0 amide bonds. The number of methoxy groups -OCH3 is 1. The maximum Gasteiger partial charge on any atom is 0.337 e. The molecule has 2 nitrogen and oxygen atoms in total. The molecule has 0 saturated heterocycles. The van der Waals surface area contributed by atoms with Crippen LogP contribution in [0.1, 0.15) is 58.4 Å². The maximum absolute atomic E-state index is 13.2. The van der Waals surface area contributed by atoms with Crippen LogP contribution in [0, 0.1) is 17.7 Å². The molecule has 0 saturated carbocycles. The number of carbonyl (C=O) groups excluding carboxylic acids is 1. The highest BCUT2D eigenvalue weighted by molar-refractivity contribution is 5.91. The third kappa shape index (κ3) is 4.66. The van der Waals surface area contributed by atoms with Gasteiger partial charge in [0.1, 0.15) is 5.82 Å². The number of fused-ring (bicyclic) bond motifs is 1. The molecule has 0 aromatic heterocycles. The summed E-state index contributed by atoms with van der Waals surface area (Å²) in [6.07, 6.45) is 3.07. The minimum Gasteiger partial charge on any atom is -0.465 e. The first-order chi connectivity index (χ1) is 15.8. The Labute approximate surface area is 194 Å². The van der Waals surface area contributed by atoms with E-state index < -0.39 is 0 Å². The van der Waals surface area contributed by atoms with Gasteiger partial charge in [0, 0.05) is 11.1 Å². The first kappa shape index (κ1) is 22.3. The van der Waals surface area contributed by atoms with Crippen molar-refractivity contribution in [1.82, 2.24) is 0 Å². The Bertz CT molecular complexity index is 1310. The molecular weight excluding hydrogens is 411 g/mol. The molecule has 164 valence electrons. The summed E-state index contributed by atoms with van der Waals surface area (Å²) in [6.45, 7) is 8.75. The second kappa shape index (κ2) is 8.92. The van der Waals surface area contributed by atoms with E-state index in [1.807, 2.05) is 12.1 Å². The van der Waals surface area contributed by atoms with E-state index in [0.717, 1.165) is 39.8 Å². The highest BCUT2D eigenvalue weighted by Crippen LogP contribution is 2.40. The normalized spacial score (nSPS) is 13.8. The van der Waals surface area contributed by atoms with Gasteiger partial charge in [-0.1, -0.05) is 62.6 Å². The van der Waals surface area contributed by atoms with Gasteiger partial charge in [-0.05, 0) is 82.1 Å². The first-order valence-corrected chi connectivity index (χ1v) is 10.8. The lowest BCUT2D eigenvalue weighted by Crippen LogP contribution is -2.21. The Balaban J connectivity index is 1.69. The van der Waals surface area contributed by atoms with Crippen LogP contribution in [0.5, 0.6) is 0 Å². The van der Waals surface area contributed by atoms with E-state index >= 15 is 0 Å². The average Bonchev–Trinajstić information content (AvgIpc) is 2.83. The van der Waals surface area contributed by atoms with Crippen LogP contribution in [0.25, 0.3) is 11.1 Å². The number of hydrogen-bond acceptors (Lipinski definition) is 2. The fourth-order valence-corrected chi connectivity index (χ4v) is 4.01. The minimum atomic E-state index is -0.363. The second-order valence-corrected chi connectivity index (χ2v) is 8.77. The Morgan fingerprint density at radius 1 is 0.939 bits per heavy atom. The van der Waals surface area contributed by atoms with Gasteiger partial charge in [0.25, 0.3) is 0 Å². The van der Waals surface area contributed by atoms with Crippen molar-refractivity contribution in [2.75, 3.05) is 7.11 Å². The molecule has 0 aliphatic heterocycles. The number of rotatable bonds is 3. The number of halogens is 1. The molecule has 3 aromatic rings. The van der Waals surface area contributed by atoms with Gasteiger partial charge in [0.2, 0.25) is 0 Å². The highest BCUT2D eigenvalue weighted by atomic mass is 19.1. The van der Waals surface area contributed by atoms with E-state index in [1.165, 1.54) is 24.8 Å². The van der Waals surface area contributed by atoms with Crippen LogP contribution < -0.4 is 0 Å². The van der Waals surface area contributed by atoms with Crippen molar-refractivity contribution in [1.29, 1.82) is 0 Å². The molecular formula is C30H25FO2. The number of carbonyl (C=O) groups is 1. The molecule has 0 heterocycles. The summed E-state index contributed by atoms with van der Waals surface area (Å²) in [6, 6.07) is 19.8. The van der Waals surface area contributed by atoms with Gasteiger partial charge in [-0.15, -0.1) is 0 Å². The van der Waals surface area contributed by atoms with E-state index in [4.69, 9.17) is 4.74 Å². The number of ether oxygens (including phenoxy) is 1. The summed E-state index contributed by atoms with van der Waals surface area (Å²) in [4.78, 5) is 11.7. The predicted molar refractivity (Wildman–Crippen MR) is 131 cm³/mol. The summed E-state index contributed by atoms with van der Waals surface area (Å²) < 4.78 is 18.0. The smallest absolute Gasteiger partial charge is 0.337 e. The van der Waals surface area contributed by atoms with E-state index in [9.17, 15) is 9.18 Å². The fraction of sp³-hybridized carbons (Fsp3) is 0.167. The van der Waals surface area contributed by atoms with E-state index in [0.29, 0.717) is 5.56 Å². The van der Waals surface area contributed by atoms with Crippen LogP contribution in [0.3, 0.4) is 0 Å². The minimum absolute atomic E-state index is 0.00157. The van der Waals surface area contributed by atoms with E-state index in [1.54, 1.807) is 24.3 Å². The number of hydrogen-bond donors (Lipinski definition) is 0. The maximum atomic E-state index is 13.2. The molecule has 0 radical (unpaired) electrons. The van der Waals surface area contributed by atoms with Gasteiger partial charge in [0.05, 0.1) is 12.7 Å². The topological polar surface area (TPSA) is 26.3 Å². The Morgan fingerprint density at radius 2 is 1.58 bits per heavy atom. The lowest BCUT2D eigenvalue weighted by Gasteiger charge is -2.31. The van der Waals surface area contributed by atoms with Gasteiger partial charge in [0.15, 0.2) is 0 Å². The number of esters is 1. The van der Waals surface area contributed by atoms with Crippen LogP contribution in [-0.2, 0) is 10.2 Å². The van der Waals surface area contributed by atoms with Gasteiger partial charge in [-0.25, -0.2) is 9.18 Å². The first-order valence-electron chi connectivity index (χ1n) is 10.8. The molecule has 0 fully saturated rings. The predicted octanol–water partition coefficient (Wildman–Crippen LogP) is 6.79. The van der Waals surface area contributed by atoms with Gasteiger partial charge < -0.3 is 4.74 Å². The summed E-state index contributed by atoms with van der Waals surface area (Å²) >= 11 is 0. The van der Waals surface area contributed by atoms with Crippen molar-refractivity contribution in [2.24, 2.45) is 0 Å². The van der Waals surface area contributed by atoms with Crippen LogP contribution in [0.15, 0.2) is 79.4 Å². The van der Waals surface area contributed by atoms with E-state index in [2.05, 4.69) is 56.5 Å². The second-order valence-electron chi connectivity index (χ2n) is 8.77. The zero-order chi connectivity index (χ0) is 23.6. The molecule has 0 unspecified atom stereocenters. The molecule has 33 heavy (non-hydrogen) atoms. The van der Waals surface area contributed by atoms with Crippen LogP contribution >= 0.6 is 0 Å². The molecule has 4 rings (SSSR count). The van der Waals surface area contributed by atoms with Crippen LogP contribution in [-0.4, -0.2) is 13.1 Å². The molecule has 0 N–H and O–H groups in total. The van der Waals surface area contributed by atoms with Crippen LogP contribution in [0.4, 0.5) is 4.39 Å². The zero-order valence-corrected chi connectivity index (χ0v) is 19.0. The molecule has 0 atom stereocenters. The van der Waals surface area contributed by atoms with Gasteiger partial charge >= 0.3 is 5.97 Å². The molecule has 1 aliphatic rings. The van der Waals surface area contributed by atoms with Crippen molar-refractivity contribution in [3.63, 3.8) is 0 Å². The fourth-order valence-electron chi connectivity index (χ4n) is 4.01. The summed E-state index contributed by atoms with van der Waals surface area (Å²) in [5, 5.41) is 0. The standard InChI is InChI=1S/C30H25FO2/c1-20(22-9-11-24(12-10-22)29(32)33-4)25-13-16-28-27(19-25)23(17-18-30(28,2)3)8-5-21-6-14-26(31)15-7-21/h6-7,9-17,19H,1,18H2,2-4H3. The van der Waals surface area contributed by atoms with Crippen molar-refractivity contribution in [3.05, 3.63) is 119 Å². The van der Waals surface area contributed by atoms with Gasteiger partial charge in [-0.3, -0.25) is 0 Å². The third-order valence-corrected chi connectivity index (χ3v) is 6.04. The SMILES string of the molecule is C=C(c1ccc(C(=O)OC)cc1)c1ccc2c(c1)C(C#Cc1ccc(F)cc1)=CCC2(C)C. The average molecular weight is 437 g/mol. The quantitative estimate of drug-likeness (QED) is 0.334. The Hall–Kier alpha value is -3.90. The van der Waals surface area contributed by atoms with Crippen molar-refractivity contribution in [3.8, 4) is 11.8 Å². The van der Waals surface area contributed by atoms with E-state index in [-0.39, 0.29) is 17.2 Å². The molecule has 0 bridgehead atoms. The largest absolute Gasteiger partial charge is 0.465 e. The Kier molecular flexibility index (Phi) is 6.03. The zero-order valence-electron chi connectivity index (χ0n) is 19.0. The number of allylic oxidation sites excluding steroid dienone is 2. The lowest BCUT2D eigenvalue weighted by atomic mass is 9.72. The lowest BCUT2D eigenvalue weighted by molar-refractivity contribution is 0.0600. The van der Waals surface area contributed by atoms with Crippen molar-refractivity contribution < 1.29 is 13.9 Å². The summed E-state index contributed by atoms with van der Waals surface area (Å²) in [5.74, 6) is 5.82. The summed E-state index contributed by atoms with van der Waals surface area (Å²) in [7, 11) is 1.37.